The molecule has 2 rings (SSSR count). The third kappa shape index (κ3) is 4.78. The minimum absolute atomic E-state index is 0.109. The molecule has 0 heterocycles. The predicted molar refractivity (Wildman–Crippen MR) is 78.2 cm³/mol. The van der Waals surface area contributed by atoms with Crippen LogP contribution in [-0.4, -0.2) is 31.3 Å². The van der Waals surface area contributed by atoms with Crippen molar-refractivity contribution >= 4 is 5.96 Å². The Balaban J connectivity index is 1.72. The highest BCUT2D eigenvalue weighted by Gasteiger charge is 2.42. The molecular weight excluding hydrogens is 279 g/mol. The molecule has 2 fully saturated rings. The van der Waals surface area contributed by atoms with Crippen molar-refractivity contribution in [3.8, 4) is 0 Å². The first-order chi connectivity index (χ1) is 9.94. The van der Waals surface area contributed by atoms with Gasteiger partial charge in [0, 0.05) is 19.1 Å². The van der Waals surface area contributed by atoms with Gasteiger partial charge in [-0.05, 0) is 44.4 Å². The number of guanidine groups is 1. The van der Waals surface area contributed by atoms with Gasteiger partial charge in [0.05, 0.1) is 5.92 Å². The molecule has 2 unspecified atom stereocenters. The highest BCUT2D eigenvalue weighted by atomic mass is 19.4. The van der Waals surface area contributed by atoms with Crippen LogP contribution in [0.25, 0.3) is 0 Å². The maximum atomic E-state index is 12.6. The summed E-state index contributed by atoms with van der Waals surface area (Å²) in [5.41, 5.74) is 0. The van der Waals surface area contributed by atoms with Crippen LogP contribution >= 0.6 is 0 Å². The molecule has 2 saturated carbocycles. The summed E-state index contributed by atoms with van der Waals surface area (Å²) in [6.07, 6.45) is 1.13. The van der Waals surface area contributed by atoms with E-state index in [9.17, 15) is 13.2 Å². The first-order valence-corrected chi connectivity index (χ1v) is 8.00. The molecule has 0 aromatic rings. The molecule has 0 aromatic carbocycles. The number of halogens is 3. The molecule has 0 amide bonds. The second-order valence-corrected chi connectivity index (χ2v) is 6.34. The standard InChI is InChI=1S/C15H26F3N3/c1-3-4-10-9-13(10)21-14(19-2)20-12-7-5-11(6-8-12)15(16,17)18/h10-13H,3-9H2,1-2H3,(H2,19,20,21). The predicted octanol–water partition coefficient (Wildman–Crippen LogP) is 3.46. The van der Waals surface area contributed by atoms with Gasteiger partial charge in [-0.3, -0.25) is 4.99 Å². The van der Waals surface area contributed by atoms with Crippen molar-refractivity contribution in [2.45, 2.75) is 70.1 Å². The lowest BCUT2D eigenvalue weighted by Crippen LogP contribution is -2.46. The molecule has 2 aliphatic rings. The van der Waals surface area contributed by atoms with Crippen LogP contribution in [0.1, 0.15) is 51.9 Å². The van der Waals surface area contributed by atoms with E-state index in [1.807, 2.05) is 0 Å². The molecule has 0 bridgehead atoms. The Morgan fingerprint density at radius 3 is 2.33 bits per heavy atom. The molecule has 0 radical (unpaired) electrons. The third-order valence-corrected chi connectivity index (χ3v) is 4.66. The molecule has 2 aliphatic carbocycles. The second kappa shape index (κ2) is 6.88. The highest BCUT2D eigenvalue weighted by molar-refractivity contribution is 5.80. The van der Waals surface area contributed by atoms with Gasteiger partial charge >= 0.3 is 6.18 Å². The number of hydrogen-bond donors (Lipinski definition) is 2. The van der Waals surface area contributed by atoms with Gasteiger partial charge in [0.2, 0.25) is 0 Å². The van der Waals surface area contributed by atoms with E-state index in [0.717, 1.165) is 11.9 Å². The molecule has 2 atom stereocenters. The summed E-state index contributed by atoms with van der Waals surface area (Å²) in [4.78, 5) is 4.20. The average molecular weight is 305 g/mol. The Bertz CT molecular complexity index is 360. The molecule has 21 heavy (non-hydrogen) atoms. The summed E-state index contributed by atoms with van der Waals surface area (Å²) in [6, 6.07) is 0.598. The van der Waals surface area contributed by atoms with Crippen molar-refractivity contribution < 1.29 is 13.2 Å². The lowest BCUT2D eigenvalue weighted by molar-refractivity contribution is -0.182. The fourth-order valence-electron chi connectivity index (χ4n) is 3.22. The van der Waals surface area contributed by atoms with E-state index >= 15 is 0 Å². The highest BCUT2D eigenvalue weighted by Crippen LogP contribution is 2.37. The Kier molecular flexibility index (Phi) is 5.38. The molecule has 0 aliphatic heterocycles. The molecular formula is C15H26F3N3. The Hall–Kier alpha value is -0.940. The number of nitrogens with one attached hydrogen (secondary N) is 2. The molecule has 0 spiro atoms. The van der Waals surface area contributed by atoms with Crippen LogP contribution in [0.3, 0.4) is 0 Å². The zero-order valence-electron chi connectivity index (χ0n) is 12.8. The van der Waals surface area contributed by atoms with Crippen molar-refractivity contribution in [3.63, 3.8) is 0 Å². The van der Waals surface area contributed by atoms with Crippen molar-refractivity contribution in [1.82, 2.24) is 10.6 Å². The van der Waals surface area contributed by atoms with Crippen LogP contribution in [0.5, 0.6) is 0 Å². The molecule has 2 N–H and O–H groups in total. The maximum Gasteiger partial charge on any atom is 0.391 e. The van der Waals surface area contributed by atoms with Gasteiger partial charge in [-0.25, -0.2) is 0 Å². The van der Waals surface area contributed by atoms with E-state index in [1.54, 1.807) is 7.05 Å². The van der Waals surface area contributed by atoms with Crippen molar-refractivity contribution in [2.75, 3.05) is 7.05 Å². The van der Waals surface area contributed by atoms with E-state index in [2.05, 4.69) is 22.5 Å². The van der Waals surface area contributed by atoms with Gasteiger partial charge in [-0.15, -0.1) is 0 Å². The third-order valence-electron chi connectivity index (χ3n) is 4.66. The molecule has 122 valence electrons. The second-order valence-electron chi connectivity index (χ2n) is 6.34. The van der Waals surface area contributed by atoms with Crippen LogP contribution in [0.15, 0.2) is 4.99 Å². The van der Waals surface area contributed by atoms with Gasteiger partial charge in [0.25, 0.3) is 0 Å². The lowest BCUT2D eigenvalue weighted by Gasteiger charge is -2.31. The van der Waals surface area contributed by atoms with Gasteiger partial charge in [0.1, 0.15) is 0 Å². The lowest BCUT2D eigenvalue weighted by atomic mass is 9.85. The summed E-state index contributed by atoms with van der Waals surface area (Å²) < 4.78 is 37.9. The monoisotopic (exact) mass is 305 g/mol. The Morgan fingerprint density at radius 2 is 1.81 bits per heavy atom. The smallest absolute Gasteiger partial charge is 0.354 e. The first kappa shape index (κ1) is 16.4. The van der Waals surface area contributed by atoms with E-state index in [-0.39, 0.29) is 18.9 Å². The minimum Gasteiger partial charge on any atom is -0.354 e. The van der Waals surface area contributed by atoms with E-state index in [0.29, 0.717) is 18.9 Å². The summed E-state index contributed by atoms with van der Waals surface area (Å²) in [5, 5.41) is 6.66. The van der Waals surface area contributed by atoms with Gasteiger partial charge < -0.3 is 10.6 Å². The van der Waals surface area contributed by atoms with Gasteiger partial charge in [-0.1, -0.05) is 13.3 Å². The van der Waals surface area contributed by atoms with Crippen LogP contribution in [0.4, 0.5) is 13.2 Å². The summed E-state index contributed by atoms with van der Waals surface area (Å²) in [6.45, 7) is 2.18. The normalized spacial score (nSPS) is 33.7. The fourth-order valence-corrected chi connectivity index (χ4v) is 3.22. The quantitative estimate of drug-likeness (QED) is 0.616. The summed E-state index contributed by atoms with van der Waals surface area (Å²) in [5.74, 6) is 0.353. The number of hydrogen-bond acceptors (Lipinski definition) is 1. The number of aliphatic imine (C=N–C) groups is 1. The van der Waals surface area contributed by atoms with Crippen molar-refractivity contribution in [1.29, 1.82) is 0 Å². The van der Waals surface area contributed by atoms with Crippen molar-refractivity contribution in [2.24, 2.45) is 16.8 Å². The largest absolute Gasteiger partial charge is 0.391 e. The first-order valence-electron chi connectivity index (χ1n) is 8.00. The van der Waals surface area contributed by atoms with Crippen LogP contribution in [0.2, 0.25) is 0 Å². The van der Waals surface area contributed by atoms with Gasteiger partial charge in [-0.2, -0.15) is 13.2 Å². The zero-order valence-corrected chi connectivity index (χ0v) is 12.8. The van der Waals surface area contributed by atoms with E-state index in [4.69, 9.17) is 0 Å². The number of alkyl halides is 3. The van der Waals surface area contributed by atoms with Crippen molar-refractivity contribution in [3.05, 3.63) is 0 Å². The summed E-state index contributed by atoms with van der Waals surface area (Å²) >= 11 is 0. The van der Waals surface area contributed by atoms with Crippen LogP contribution < -0.4 is 10.6 Å². The fraction of sp³-hybridized carbons (Fsp3) is 0.933. The SMILES string of the molecule is CCCC1CC1NC(=NC)NC1CCC(C(F)(F)F)CC1. The Labute approximate surface area is 124 Å². The maximum absolute atomic E-state index is 12.6. The molecule has 3 nitrogen and oxygen atoms in total. The summed E-state index contributed by atoms with van der Waals surface area (Å²) in [7, 11) is 1.72. The zero-order chi connectivity index (χ0) is 15.5. The molecule has 6 heteroatoms. The topological polar surface area (TPSA) is 36.4 Å². The number of rotatable bonds is 4. The Morgan fingerprint density at radius 1 is 1.14 bits per heavy atom. The molecule has 0 saturated heterocycles. The number of nitrogens with zero attached hydrogens (tertiary/aromatic N) is 1. The minimum atomic E-state index is -4.04. The van der Waals surface area contributed by atoms with Crippen LogP contribution in [-0.2, 0) is 0 Å². The van der Waals surface area contributed by atoms with E-state index < -0.39 is 12.1 Å². The average Bonchev–Trinajstić information content (AvgIpc) is 3.16. The molecule has 0 aromatic heterocycles. The van der Waals surface area contributed by atoms with E-state index in [1.165, 1.54) is 19.3 Å². The van der Waals surface area contributed by atoms with Gasteiger partial charge in [0.15, 0.2) is 5.96 Å². The van der Waals surface area contributed by atoms with Crippen LogP contribution in [0, 0.1) is 11.8 Å².